The van der Waals surface area contributed by atoms with Crippen molar-refractivity contribution in [2.24, 2.45) is 12.0 Å². The molecule has 0 radical (unpaired) electrons. The van der Waals surface area contributed by atoms with Crippen molar-refractivity contribution in [1.82, 2.24) is 30.4 Å². The number of pyridine rings is 1. The van der Waals surface area contributed by atoms with Gasteiger partial charge in [0.05, 0.1) is 18.8 Å². The quantitative estimate of drug-likeness (QED) is 0.362. The Morgan fingerprint density at radius 1 is 1.25 bits per heavy atom. The number of aromatic nitrogens is 4. The van der Waals surface area contributed by atoms with Crippen LogP contribution in [0.4, 0.5) is 5.82 Å². The second-order valence-corrected chi connectivity index (χ2v) is 7.25. The van der Waals surface area contributed by atoms with Crippen LogP contribution >= 0.6 is 24.0 Å². The van der Waals surface area contributed by atoms with Gasteiger partial charge >= 0.3 is 0 Å². The van der Waals surface area contributed by atoms with Gasteiger partial charge in [-0.1, -0.05) is 18.9 Å². The van der Waals surface area contributed by atoms with Crippen LogP contribution in [0.1, 0.15) is 43.0 Å². The molecule has 2 N–H and O–H groups in total. The fourth-order valence-corrected chi connectivity index (χ4v) is 3.15. The van der Waals surface area contributed by atoms with Crippen molar-refractivity contribution in [3.63, 3.8) is 0 Å². The zero-order chi connectivity index (χ0) is 19.2. The van der Waals surface area contributed by atoms with Gasteiger partial charge in [-0.25, -0.2) is 9.98 Å². The normalized spacial score (nSPS) is 14.6. The lowest BCUT2D eigenvalue weighted by Crippen LogP contribution is -2.42. The number of anilines is 1. The van der Waals surface area contributed by atoms with Gasteiger partial charge in [0, 0.05) is 27.2 Å². The predicted octanol–water partition coefficient (Wildman–Crippen LogP) is 2.38. The number of nitrogens with one attached hydrogen (secondary N) is 2. The van der Waals surface area contributed by atoms with E-state index in [2.05, 4.69) is 25.8 Å². The molecule has 0 aromatic carbocycles. The van der Waals surface area contributed by atoms with Crippen LogP contribution in [0.3, 0.4) is 0 Å². The molecule has 0 spiro atoms. The summed E-state index contributed by atoms with van der Waals surface area (Å²) < 4.78 is 1.99. The van der Waals surface area contributed by atoms with Crippen LogP contribution in [0.25, 0.3) is 0 Å². The molecule has 0 bridgehead atoms. The number of aryl methyl sites for hydroxylation is 1. The van der Waals surface area contributed by atoms with Crippen molar-refractivity contribution in [2.45, 2.75) is 51.7 Å². The summed E-state index contributed by atoms with van der Waals surface area (Å²) in [5.74, 6) is 3.54. The summed E-state index contributed by atoms with van der Waals surface area (Å²) in [6.45, 7) is 3.06. The summed E-state index contributed by atoms with van der Waals surface area (Å²) in [5.41, 5.74) is 0.947. The molecule has 0 saturated heterocycles. The standard InChI is InChI=1S/C19H30N8.HI/c1-14-24-25-18(27(14)4)13-21-19(23-15-8-5-6-9-15)20-12-16-10-7-11-17(22-16)26(2)3;/h7,10-11,15H,5-6,8-9,12-13H2,1-4H3,(H2,20,21,23);1H. The van der Waals surface area contributed by atoms with E-state index in [4.69, 9.17) is 4.99 Å². The highest BCUT2D eigenvalue weighted by Crippen LogP contribution is 2.17. The van der Waals surface area contributed by atoms with Crippen molar-refractivity contribution in [3.8, 4) is 0 Å². The van der Waals surface area contributed by atoms with Gasteiger partial charge in [-0.2, -0.15) is 0 Å². The highest BCUT2D eigenvalue weighted by atomic mass is 127. The van der Waals surface area contributed by atoms with Crippen LogP contribution in [0.5, 0.6) is 0 Å². The minimum absolute atomic E-state index is 0. The molecule has 0 aliphatic heterocycles. The van der Waals surface area contributed by atoms with Crippen molar-refractivity contribution in [1.29, 1.82) is 0 Å². The highest BCUT2D eigenvalue weighted by molar-refractivity contribution is 14.0. The molecule has 2 heterocycles. The van der Waals surface area contributed by atoms with Gasteiger partial charge in [0.15, 0.2) is 11.8 Å². The fourth-order valence-electron chi connectivity index (χ4n) is 3.15. The Morgan fingerprint density at radius 3 is 2.64 bits per heavy atom. The second-order valence-electron chi connectivity index (χ2n) is 7.25. The summed E-state index contributed by atoms with van der Waals surface area (Å²) in [5, 5.41) is 15.3. The lowest BCUT2D eigenvalue weighted by molar-refractivity contribution is 0.606. The Labute approximate surface area is 184 Å². The number of guanidine groups is 1. The molecule has 9 heteroatoms. The summed E-state index contributed by atoms with van der Waals surface area (Å²) in [6, 6.07) is 6.51. The lowest BCUT2D eigenvalue weighted by Gasteiger charge is -2.17. The first-order valence-corrected chi connectivity index (χ1v) is 9.56. The van der Waals surface area contributed by atoms with Crippen LogP contribution in [-0.4, -0.2) is 45.8 Å². The highest BCUT2D eigenvalue weighted by Gasteiger charge is 2.16. The first kappa shape index (κ1) is 22.4. The minimum atomic E-state index is 0. The molecule has 28 heavy (non-hydrogen) atoms. The Kier molecular flexibility index (Phi) is 8.46. The topological polar surface area (TPSA) is 83.3 Å². The number of halogens is 1. The second kappa shape index (κ2) is 10.6. The van der Waals surface area contributed by atoms with Crippen LogP contribution in [0.15, 0.2) is 23.2 Å². The largest absolute Gasteiger partial charge is 0.363 e. The predicted molar refractivity (Wildman–Crippen MR) is 123 cm³/mol. The monoisotopic (exact) mass is 498 g/mol. The molecule has 3 rings (SSSR count). The van der Waals surface area contributed by atoms with Crippen LogP contribution in [-0.2, 0) is 20.1 Å². The van der Waals surface area contributed by atoms with Crippen molar-refractivity contribution in [2.75, 3.05) is 19.0 Å². The van der Waals surface area contributed by atoms with E-state index in [0.29, 0.717) is 19.1 Å². The van der Waals surface area contributed by atoms with Crippen LogP contribution in [0.2, 0.25) is 0 Å². The summed E-state index contributed by atoms with van der Waals surface area (Å²) in [7, 11) is 5.96. The smallest absolute Gasteiger partial charge is 0.192 e. The molecule has 2 aromatic rings. The summed E-state index contributed by atoms with van der Waals surface area (Å²) in [4.78, 5) is 11.4. The van der Waals surface area contributed by atoms with Crippen LogP contribution < -0.4 is 15.5 Å². The van der Waals surface area contributed by atoms with Gasteiger partial charge in [0.1, 0.15) is 11.6 Å². The van der Waals surface area contributed by atoms with Crippen molar-refractivity contribution >= 4 is 35.8 Å². The maximum atomic E-state index is 4.77. The zero-order valence-electron chi connectivity index (χ0n) is 17.1. The summed E-state index contributed by atoms with van der Waals surface area (Å²) >= 11 is 0. The number of nitrogens with zero attached hydrogens (tertiary/aromatic N) is 6. The van der Waals surface area contributed by atoms with E-state index >= 15 is 0 Å². The average molecular weight is 498 g/mol. The molecular weight excluding hydrogens is 467 g/mol. The van der Waals surface area contributed by atoms with Gasteiger partial charge in [0.25, 0.3) is 0 Å². The fraction of sp³-hybridized carbons (Fsp3) is 0.579. The first-order valence-electron chi connectivity index (χ1n) is 9.56. The number of hydrogen-bond acceptors (Lipinski definition) is 5. The molecule has 0 atom stereocenters. The molecule has 2 aromatic heterocycles. The Hall–Kier alpha value is -1.91. The van der Waals surface area contributed by atoms with E-state index in [1.807, 2.05) is 55.7 Å². The number of rotatable bonds is 6. The van der Waals surface area contributed by atoms with Crippen molar-refractivity contribution < 1.29 is 0 Å². The van der Waals surface area contributed by atoms with Crippen molar-refractivity contribution in [3.05, 3.63) is 35.5 Å². The molecule has 1 aliphatic rings. The summed E-state index contributed by atoms with van der Waals surface area (Å²) in [6.07, 6.45) is 4.94. The molecule has 154 valence electrons. The van der Waals surface area contributed by atoms with Gasteiger partial charge in [-0.15, -0.1) is 34.2 Å². The maximum absolute atomic E-state index is 4.77. The molecule has 0 unspecified atom stereocenters. The third-order valence-electron chi connectivity index (χ3n) is 4.94. The van der Waals surface area contributed by atoms with E-state index in [-0.39, 0.29) is 24.0 Å². The van der Waals surface area contributed by atoms with E-state index in [9.17, 15) is 0 Å². The molecule has 1 aliphatic carbocycles. The first-order chi connectivity index (χ1) is 13.0. The zero-order valence-corrected chi connectivity index (χ0v) is 19.5. The minimum Gasteiger partial charge on any atom is -0.363 e. The third-order valence-corrected chi connectivity index (χ3v) is 4.94. The van der Waals surface area contributed by atoms with Gasteiger partial charge < -0.3 is 20.1 Å². The van der Waals surface area contributed by atoms with E-state index in [1.54, 1.807) is 0 Å². The van der Waals surface area contributed by atoms with Crippen LogP contribution in [0, 0.1) is 6.92 Å². The lowest BCUT2D eigenvalue weighted by atomic mass is 10.2. The number of hydrogen-bond donors (Lipinski definition) is 2. The van der Waals surface area contributed by atoms with E-state index in [1.165, 1.54) is 25.7 Å². The molecule has 1 saturated carbocycles. The van der Waals surface area contributed by atoms with E-state index in [0.717, 1.165) is 29.1 Å². The average Bonchev–Trinajstić information content (AvgIpc) is 3.28. The molecule has 1 fully saturated rings. The van der Waals surface area contributed by atoms with Gasteiger partial charge in [-0.3, -0.25) is 0 Å². The maximum Gasteiger partial charge on any atom is 0.192 e. The Morgan fingerprint density at radius 2 is 2.00 bits per heavy atom. The van der Waals surface area contributed by atoms with Gasteiger partial charge in [0.2, 0.25) is 0 Å². The Balaban J connectivity index is 0.00000280. The third kappa shape index (κ3) is 6.05. The number of aliphatic imine (C=N–C) groups is 1. The Bertz CT molecular complexity index is 780. The molecule has 8 nitrogen and oxygen atoms in total. The molecular formula is C19H31IN8. The SMILES string of the molecule is Cc1nnc(CNC(=NCc2cccc(N(C)C)n2)NC2CCCC2)n1C.I. The van der Waals surface area contributed by atoms with Gasteiger partial charge in [-0.05, 0) is 31.9 Å². The molecule has 0 amide bonds. The van der Waals surface area contributed by atoms with E-state index < -0.39 is 0 Å².